The van der Waals surface area contributed by atoms with E-state index in [2.05, 4.69) is 14.4 Å². The highest BCUT2D eigenvalue weighted by atomic mass is 16.4. The van der Waals surface area contributed by atoms with Crippen LogP contribution in [0.25, 0.3) is 0 Å². The van der Waals surface area contributed by atoms with Crippen molar-refractivity contribution >= 4 is 11.9 Å². The van der Waals surface area contributed by atoms with Crippen molar-refractivity contribution in [2.75, 3.05) is 62.9 Å². The van der Waals surface area contributed by atoms with Gasteiger partial charge in [0.15, 0.2) is 5.54 Å². The highest BCUT2D eigenvalue weighted by molar-refractivity contribution is 5.76. The number of rotatable bonds is 6. The van der Waals surface area contributed by atoms with Gasteiger partial charge in [0, 0.05) is 13.3 Å². The minimum Gasteiger partial charge on any atom is -0.477 e. The molecule has 0 spiro atoms. The molecular formula is C15H34N4O2+2. The molecule has 1 unspecified atom stereocenters. The maximum Gasteiger partial charge on any atom is 0.365 e. The molecule has 0 aromatic heterocycles. The summed E-state index contributed by atoms with van der Waals surface area (Å²) in [4.78, 5) is 15.9. The van der Waals surface area contributed by atoms with Crippen molar-refractivity contribution in [2.24, 2.45) is 0 Å². The molecule has 0 radical (unpaired) electrons. The number of carboxylic acid groups (broad SMARTS) is 1. The zero-order valence-electron chi connectivity index (χ0n) is 15.3. The van der Waals surface area contributed by atoms with Crippen LogP contribution in [0.5, 0.6) is 0 Å². The van der Waals surface area contributed by atoms with E-state index in [0.717, 1.165) is 18.9 Å². The second kappa shape index (κ2) is 7.11. The summed E-state index contributed by atoms with van der Waals surface area (Å²) in [6.07, 6.45) is 1.48. The smallest absolute Gasteiger partial charge is 0.365 e. The highest BCUT2D eigenvalue weighted by Crippen LogP contribution is 2.24. The van der Waals surface area contributed by atoms with Gasteiger partial charge in [0.05, 0.1) is 62.9 Å². The lowest BCUT2D eigenvalue weighted by Gasteiger charge is -2.40. The average molecular weight is 302 g/mol. The zero-order chi connectivity index (χ0) is 17.0. The number of carbonyl (C=O) groups is 1. The molecule has 1 N–H and O–H groups in total. The Hall–Kier alpha value is -1.30. The number of carboxylic acids is 1. The van der Waals surface area contributed by atoms with Crippen LogP contribution in [-0.2, 0) is 4.79 Å². The van der Waals surface area contributed by atoms with Crippen LogP contribution in [0.15, 0.2) is 0 Å². The second-order valence-corrected chi connectivity index (χ2v) is 7.21. The number of guanidine groups is 1. The van der Waals surface area contributed by atoms with Crippen molar-refractivity contribution in [2.45, 2.75) is 25.3 Å². The van der Waals surface area contributed by atoms with Gasteiger partial charge in [-0.2, -0.15) is 0 Å². The van der Waals surface area contributed by atoms with E-state index >= 15 is 0 Å². The molecule has 0 saturated heterocycles. The maximum absolute atomic E-state index is 11.6. The monoisotopic (exact) mass is 302 g/mol. The van der Waals surface area contributed by atoms with Gasteiger partial charge in [-0.25, -0.2) is 4.79 Å². The Balaban J connectivity index is 4.82. The van der Waals surface area contributed by atoms with Crippen molar-refractivity contribution in [1.82, 2.24) is 9.80 Å². The van der Waals surface area contributed by atoms with E-state index < -0.39 is 11.5 Å². The third-order valence-electron chi connectivity index (χ3n) is 4.24. The first kappa shape index (κ1) is 19.7. The minimum absolute atomic E-state index is 0.421. The highest BCUT2D eigenvalue weighted by Gasteiger charge is 2.45. The summed E-state index contributed by atoms with van der Waals surface area (Å²) in [5, 5.41) is 9.57. The molecule has 6 heteroatoms. The van der Waals surface area contributed by atoms with E-state index in [1.54, 1.807) is 0 Å². The van der Waals surface area contributed by atoms with Gasteiger partial charge in [0.25, 0.3) is 0 Å². The van der Waals surface area contributed by atoms with Crippen LogP contribution < -0.4 is 0 Å². The molecule has 0 aliphatic carbocycles. The largest absolute Gasteiger partial charge is 0.477 e. The summed E-state index contributed by atoms with van der Waals surface area (Å²) >= 11 is 0. The van der Waals surface area contributed by atoms with Crippen molar-refractivity contribution in [3.8, 4) is 0 Å². The molecule has 0 rings (SSSR count). The van der Waals surface area contributed by atoms with Crippen LogP contribution in [0.1, 0.15) is 19.8 Å². The first-order valence-electron chi connectivity index (χ1n) is 7.32. The van der Waals surface area contributed by atoms with Crippen LogP contribution in [-0.4, -0.2) is 104 Å². The Labute approximate surface area is 129 Å². The predicted molar refractivity (Wildman–Crippen MR) is 86.7 cm³/mol. The summed E-state index contributed by atoms with van der Waals surface area (Å²) < 4.78 is 2.49. The number of nitrogens with zero attached hydrogens (tertiary/aromatic N) is 4. The minimum atomic E-state index is -0.767. The lowest BCUT2D eigenvalue weighted by atomic mass is 9.92. The van der Waals surface area contributed by atoms with Crippen molar-refractivity contribution < 1.29 is 19.0 Å². The third-order valence-corrected chi connectivity index (χ3v) is 4.24. The van der Waals surface area contributed by atoms with Crippen molar-refractivity contribution in [1.29, 1.82) is 0 Å². The molecule has 1 atom stereocenters. The van der Waals surface area contributed by atoms with Gasteiger partial charge in [-0.15, -0.1) is 0 Å². The first-order valence-corrected chi connectivity index (χ1v) is 7.32. The topological polar surface area (TPSA) is 46.8 Å². The number of aliphatic carboxylic acids is 1. The molecule has 0 aliphatic rings. The van der Waals surface area contributed by atoms with E-state index in [1.165, 1.54) is 0 Å². The van der Waals surface area contributed by atoms with Gasteiger partial charge >= 0.3 is 11.9 Å². The van der Waals surface area contributed by atoms with E-state index in [0.29, 0.717) is 10.9 Å². The number of quaternary nitrogens is 1. The number of hydrogen-bond acceptors (Lipinski definition) is 1. The fourth-order valence-electron chi connectivity index (χ4n) is 2.57. The quantitative estimate of drug-likeness (QED) is 0.335. The summed E-state index contributed by atoms with van der Waals surface area (Å²) in [5.74, 6) is 0.374. The van der Waals surface area contributed by atoms with Gasteiger partial charge in [-0.3, -0.25) is 14.4 Å². The molecule has 0 aromatic rings. The molecule has 0 saturated carbocycles. The maximum atomic E-state index is 11.6. The van der Waals surface area contributed by atoms with E-state index in [4.69, 9.17) is 0 Å². The van der Waals surface area contributed by atoms with Crippen molar-refractivity contribution in [3.05, 3.63) is 0 Å². The standard InChI is InChI=1S/C15H33N4O2/c1-15(13(20)21,19(7,8)9)11-10-12-18(6)14(16(2)3)17(4)5/h10-12H2,1-9H3/q+1/p+1. The normalized spacial score (nSPS) is 14.3. The predicted octanol–water partition coefficient (Wildman–Crippen LogP) is 0.438. The zero-order valence-corrected chi connectivity index (χ0v) is 15.3. The Morgan fingerprint density at radius 2 is 1.67 bits per heavy atom. The Morgan fingerprint density at radius 1 is 1.19 bits per heavy atom. The molecule has 0 aromatic carbocycles. The molecule has 6 nitrogen and oxygen atoms in total. The van der Waals surface area contributed by atoms with Crippen LogP contribution in [0.2, 0.25) is 0 Å². The number of hydrogen-bond donors (Lipinski definition) is 1. The molecule has 0 heterocycles. The second-order valence-electron chi connectivity index (χ2n) is 7.21. The summed E-state index contributed by atoms with van der Waals surface area (Å²) in [5.41, 5.74) is -0.767. The number of likely N-dealkylation sites (N-methyl/N-ethyl adjacent to an activating group) is 1. The van der Waals surface area contributed by atoms with Crippen LogP contribution in [0.4, 0.5) is 0 Å². The Bertz CT molecular complexity index is 395. The molecule has 0 amide bonds. The summed E-state index contributed by atoms with van der Waals surface area (Å²) in [6.45, 7) is 2.66. The fourth-order valence-corrected chi connectivity index (χ4v) is 2.57. The fraction of sp³-hybridized carbons (Fsp3) is 0.867. The van der Waals surface area contributed by atoms with Crippen molar-refractivity contribution in [3.63, 3.8) is 0 Å². The van der Waals surface area contributed by atoms with E-state index in [1.807, 2.05) is 63.3 Å². The van der Waals surface area contributed by atoms with Gasteiger partial charge in [-0.05, 0) is 6.42 Å². The molecule has 0 bridgehead atoms. The van der Waals surface area contributed by atoms with Gasteiger partial charge < -0.3 is 9.59 Å². The summed E-state index contributed by atoms with van der Waals surface area (Å²) in [7, 11) is 15.9. The molecular weight excluding hydrogens is 268 g/mol. The molecule has 0 fully saturated rings. The SMILES string of the molecule is CN(C)C(N(C)CCCC(C)(C(=O)O)[N+](C)(C)C)=[N+](C)C. The van der Waals surface area contributed by atoms with E-state index in [9.17, 15) is 9.90 Å². The third kappa shape index (κ3) is 4.88. The molecule has 21 heavy (non-hydrogen) atoms. The molecule has 124 valence electrons. The Morgan fingerprint density at radius 3 is 1.95 bits per heavy atom. The lowest BCUT2D eigenvalue weighted by molar-refractivity contribution is -0.912. The van der Waals surface area contributed by atoms with Crippen LogP contribution in [0, 0.1) is 0 Å². The van der Waals surface area contributed by atoms with Crippen LogP contribution in [0.3, 0.4) is 0 Å². The van der Waals surface area contributed by atoms with E-state index in [-0.39, 0.29) is 0 Å². The average Bonchev–Trinajstić information content (AvgIpc) is 2.25. The van der Waals surface area contributed by atoms with Gasteiger partial charge in [-0.1, -0.05) is 0 Å². The van der Waals surface area contributed by atoms with Gasteiger partial charge in [0.2, 0.25) is 0 Å². The summed E-state index contributed by atoms with van der Waals surface area (Å²) in [6, 6.07) is 0. The lowest BCUT2D eigenvalue weighted by Crippen LogP contribution is -2.60. The Kier molecular flexibility index (Phi) is 6.67. The van der Waals surface area contributed by atoms with Gasteiger partial charge in [0.1, 0.15) is 0 Å². The molecule has 0 aliphatic heterocycles. The van der Waals surface area contributed by atoms with Crippen LogP contribution >= 0.6 is 0 Å². The first-order chi connectivity index (χ1) is 9.34.